The number of nitrogens with zero attached hydrogens (tertiary/aromatic N) is 1. The molecule has 1 unspecified atom stereocenters. The van der Waals surface area contributed by atoms with Gasteiger partial charge < -0.3 is 10.2 Å². The van der Waals surface area contributed by atoms with E-state index < -0.39 is 0 Å². The number of nitrogens with one attached hydrogen (secondary N) is 1. The molecular formula is C16H28N2. The molecule has 0 aliphatic carbocycles. The number of rotatable bonds is 7. The van der Waals surface area contributed by atoms with Crippen molar-refractivity contribution in [2.24, 2.45) is 5.92 Å². The van der Waals surface area contributed by atoms with E-state index in [1.807, 2.05) is 0 Å². The maximum atomic E-state index is 3.64. The van der Waals surface area contributed by atoms with E-state index in [1.54, 1.807) is 0 Å². The predicted molar refractivity (Wildman–Crippen MR) is 81.3 cm³/mol. The van der Waals surface area contributed by atoms with Crippen LogP contribution in [0.5, 0.6) is 0 Å². The molecule has 0 saturated heterocycles. The van der Waals surface area contributed by atoms with Gasteiger partial charge in [-0.05, 0) is 30.2 Å². The number of anilines is 1. The highest BCUT2D eigenvalue weighted by Crippen LogP contribution is 2.28. The quantitative estimate of drug-likeness (QED) is 0.788. The fourth-order valence-corrected chi connectivity index (χ4v) is 2.52. The van der Waals surface area contributed by atoms with Crippen molar-refractivity contribution in [2.45, 2.75) is 39.7 Å². The summed E-state index contributed by atoms with van der Waals surface area (Å²) in [4.78, 5) is 2.14. The molecule has 102 valence electrons. The normalized spacial score (nSPS) is 12.8. The topological polar surface area (TPSA) is 15.3 Å². The van der Waals surface area contributed by atoms with Gasteiger partial charge in [0.15, 0.2) is 0 Å². The van der Waals surface area contributed by atoms with Crippen molar-refractivity contribution in [1.82, 2.24) is 5.32 Å². The van der Waals surface area contributed by atoms with Crippen LogP contribution in [0.4, 0.5) is 5.69 Å². The summed E-state index contributed by atoms with van der Waals surface area (Å²) in [7, 11) is 4.16. The second kappa shape index (κ2) is 7.42. The minimum atomic E-state index is 0.487. The molecule has 0 aliphatic rings. The lowest BCUT2D eigenvalue weighted by atomic mass is 9.88. The standard InChI is InChI=1S/C16H28N2/c1-6-13(7-2)16(17-8-3)14-9-11-15(12-10-14)18(4)5/h9-13,16-17H,6-8H2,1-5H3. The fraction of sp³-hybridized carbons (Fsp3) is 0.625. The van der Waals surface area contributed by atoms with Gasteiger partial charge in [0.2, 0.25) is 0 Å². The minimum absolute atomic E-state index is 0.487. The lowest BCUT2D eigenvalue weighted by molar-refractivity contribution is 0.346. The Morgan fingerprint density at radius 1 is 1.00 bits per heavy atom. The molecule has 0 aliphatic heterocycles. The van der Waals surface area contributed by atoms with E-state index in [9.17, 15) is 0 Å². The van der Waals surface area contributed by atoms with Gasteiger partial charge in [-0.1, -0.05) is 45.7 Å². The SMILES string of the molecule is CCNC(c1ccc(N(C)C)cc1)C(CC)CC. The fourth-order valence-electron chi connectivity index (χ4n) is 2.52. The molecule has 1 rings (SSSR count). The van der Waals surface area contributed by atoms with Crippen molar-refractivity contribution < 1.29 is 0 Å². The first-order valence-electron chi connectivity index (χ1n) is 7.14. The lowest BCUT2D eigenvalue weighted by Gasteiger charge is -2.27. The highest BCUT2D eigenvalue weighted by atomic mass is 15.1. The average molecular weight is 248 g/mol. The smallest absolute Gasteiger partial charge is 0.0361 e. The Labute approximate surface area is 112 Å². The van der Waals surface area contributed by atoms with Crippen LogP contribution in [0.25, 0.3) is 0 Å². The van der Waals surface area contributed by atoms with Crippen LogP contribution >= 0.6 is 0 Å². The van der Waals surface area contributed by atoms with Crippen LogP contribution in [0.3, 0.4) is 0 Å². The van der Waals surface area contributed by atoms with Gasteiger partial charge >= 0.3 is 0 Å². The third-order valence-electron chi connectivity index (χ3n) is 3.71. The average Bonchev–Trinajstić information content (AvgIpc) is 2.39. The maximum Gasteiger partial charge on any atom is 0.0361 e. The molecule has 0 fully saturated rings. The summed E-state index contributed by atoms with van der Waals surface area (Å²) in [5, 5.41) is 3.64. The van der Waals surface area contributed by atoms with E-state index in [0.29, 0.717) is 6.04 Å². The van der Waals surface area contributed by atoms with Gasteiger partial charge in [-0.15, -0.1) is 0 Å². The number of hydrogen-bond acceptors (Lipinski definition) is 2. The Balaban J connectivity index is 2.91. The van der Waals surface area contributed by atoms with Crippen LogP contribution in [-0.4, -0.2) is 20.6 Å². The maximum absolute atomic E-state index is 3.64. The van der Waals surface area contributed by atoms with Crippen molar-refractivity contribution in [2.75, 3.05) is 25.5 Å². The Hall–Kier alpha value is -1.02. The molecule has 0 radical (unpaired) electrons. The van der Waals surface area contributed by atoms with Gasteiger partial charge in [-0.2, -0.15) is 0 Å². The van der Waals surface area contributed by atoms with Gasteiger partial charge in [0.25, 0.3) is 0 Å². The van der Waals surface area contributed by atoms with Crippen molar-refractivity contribution in [1.29, 1.82) is 0 Å². The molecule has 2 heteroatoms. The van der Waals surface area contributed by atoms with Crippen LogP contribution in [0.15, 0.2) is 24.3 Å². The zero-order valence-corrected chi connectivity index (χ0v) is 12.5. The van der Waals surface area contributed by atoms with E-state index in [2.05, 4.69) is 69.3 Å². The monoisotopic (exact) mass is 248 g/mol. The Morgan fingerprint density at radius 3 is 1.94 bits per heavy atom. The van der Waals surface area contributed by atoms with E-state index in [-0.39, 0.29) is 0 Å². The first-order valence-corrected chi connectivity index (χ1v) is 7.14. The van der Waals surface area contributed by atoms with Crippen LogP contribution < -0.4 is 10.2 Å². The first-order chi connectivity index (χ1) is 8.63. The van der Waals surface area contributed by atoms with E-state index in [1.165, 1.54) is 24.1 Å². The summed E-state index contributed by atoms with van der Waals surface area (Å²) in [5.74, 6) is 0.718. The summed E-state index contributed by atoms with van der Waals surface area (Å²) in [6.07, 6.45) is 2.45. The molecule has 0 heterocycles. The third kappa shape index (κ3) is 3.74. The van der Waals surface area contributed by atoms with E-state index >= 15 is 0 Å². The second-order valence-electron chi connectivity index (χ2n) is 5.10. The minimum Gasteiger partial charge on any atom is -0.378 e. The molecule has 2 nitrogen and oxygen atoms in total. The summed E-state index contributed by atoms with van der Waals surface area (Å²) in [5.41, 5.74) is 2.68. The van der Waals surface area contributed by atoms with Gasteiger partial charge in [0.1, 0.15) is 0 Å². The van der Waals surface area contributed by atoms with Crippen LogP contribution in [-0.2, 0) is 0 Å². The molecular weight excluding hydrogens is 220 g/mol. The molecule has 0 saturated carbocycles. The lowest BCUT2D eigenvalue weighted by Crippen LogP contribution is -2.27. The number of benzene rings is 1. The van der Waals surface area contributed by atoms with Crippen molar-refractivity contribution >= 4 is 5.69 Å². The van der Waals surface area contributed by atoms with Gasteiger partial charge in [-0.3, -0.25) is 0 Å². The molecule has 1 aromatic rings. The highest BCUT2D eigenvalue weighted by molar-refractivity contribution is 5.46. The van der Waals surface area contributed by atoms with Crippen molar-refractivity contribution in [3.63, 3.8) is 0 Å². The van der Waals surface area contributed by atoms with E-state index in [4.69, 9.17) is 0 Å². The second-order valence-corrected chi connectivity index (χ2v) is 5.10. The molecule has 18 heavy (non-hydrogen) atoms. The molecule has 0 aromatic heterocycles. The van der Waals surface area contributed by atoms with Crippen LogP contribution in [0.1, 0.15) is 45.2 Å². The molecule has 1 atom stereocenters. The molecule has 0 bridgehead atoms. The van der Waals surface area contributed by atoms with Gasteiger partial charge in [-0.25, -0.2) is 0 Å². The Bertz CT molecular complexity index is 325. The van der Waals surface area contributed by atoms with Crippen molar-refractivity contribution in [3.05, 3.63) is 29.8 Å². The predicted octanol–water partition coefficient (Wildman–Crippen LogP) is 3.84. The summed E-state index contributed by atoms with van der Waals surface area (Å²) >= 11 is 0. The third-order valence-corrected chi connectivity index (χ3v) is 3.71. The zero-order chi connectivity index (χ0) is 13.5. The van der Waals surface area contributed by atoms with Gasteiger partial charge in [0, 0.05) is 25.8 Å². The zero-order valence-electron chi connectivity index (χ0n) is 12.5. The van der Waals surface area contributed by atoms with Crippen LogP contribution in [0, 0.1) is 5.92 Å². The van der Waals surface area contributed by atoms with Gasteiger partial charge in [0.05, 0.1) is 0 Å². The molecule has 1 N–H and O–H groups in total. The summed E-state index contributed by atoms with van der Waals surface area (Å²) in [6.45, 7) is 7.78. The van der Waals surface area contributed by atoms with E-state index in [0.717, 1.165) is 12.5 Å². The summed E-state index contributed by atoms with van der Waals surface area (Å²) < 4.78 is 0. The molecule has 0 amide bonds. The first kappa shape index (κ1) is 15.0. The van der Waals surface area contributed by atoms with Crippen LogP contribution in [0.2, 0.25) is 0 Å². The molecule has 1 aromatic carbocycles. The molecule has 0 spiro atoms. The Morgan fingerprint density at radius 2 is 1.56 bits per heavy atom. The van der Waals surface area contributed by atoms with Crippen molar-refractivity contribution in [3.8, 4) is 0 Å². The largest absolute Gasteiger partial charge is 0.378 e. The highest BCUT2D eigenvalue weighted by Gasteiger charge is 2.19. The number of hydrogen-bond donors (Lipinski definition) is 1. The Kier molecular flexibility index (Phi) is 6.20. The summed E-state index contributed by atoms with van der Waals surface area (Å²) in [6, 6.07) is 9.44.